The van der Waals surface area contributed by atoms with Crippen LogP contribution in [-0.2, 0) is 0 Å². The Hall–Kier alpha value is -6.52. The standard InChI is InChI=1S/C56H46N4/c1-3-17-35(18-4-1)49-51(59-55-47-31-13-9-27-43(47)41-25-7-11-29-45(41)53(55)57-49)39-23-15-21-37(33-39)38-22-16-24-40(34-38)52-50(36-19-5-2-6-20-36)58-54-46-30-12-8-26-42(46)44-28-10-14-32-48(44)56(54)60-52/h7-16,21-36H,1-6,17-20H2. The maximum absolute atomic E-state index is 5.66. The molecule has 12 rings (SSSR count). The van der Waals surface area contributed by atoms with E-state index in [9.17, 15) is 0 Å². The van der Waals surface area contributed by atoms with E-state index in [0.717, 1.165) is 92.4 Å². The van der Waals surface area contributed by atoms with E-state index < -0.39 is 0 Å². The summed E-state index contributed by atoms with van der Waals surface area (Å²) in [4.78, 5) is 22.6. The number of hydrogen-bond acceptors (Lipinski definition) is 4. The smallest absolute Gasteiger partial charge is 0.0979 e. The molecule has 0 atom stereocenters. The largest absolute Gasteiger partial charge is 0.248 e. The van der Waals surface area contributed by atoms with E-state index in [2.05, 4.69) is 146 Å². The van der Waals surface area contributed by atoms with Crippen LogP contribution in [0, 0.1) is 0 Å². The van der Waals surface area contributed by atoms with Crippen LogP contribution in [0.2, 0.25) is 0 Å². The van der Waals surface area contributed by atoms with Crippen molar-refractivity contribution in [3.63, 3.8) is 0 Å². The van der Waals surface area contributed by atoms with Crippen molar-refractivity contribution in [3.8, 4) is 33.6 Å². The van der Waals surface area contributed by atoms with Crippen LogP contribution < -0.4 is 0 Å². The Balaban J connectivity index is 1.04. The van der Waals surface area contributed by atoms with Gasteiger partial charge in [-0.05, 0) is 70.5 Å². The Labute approximate surface area is 350 Å². The average Bonchev–Trinajstić information content (AvgIpc) is 3.34. The highest BCUT2D eigenvalue weighted by Gasteiger charge is 2.26. The van der Waals surface area contributed by atoms with Crippen LogP contribution in [0.25, 0.3) is 98.8 Å². The van der Waals surface area contributed by atoms with E-state index in [1.807, 2.05) is 0 Å². The van der Waals surface area contributed by atoms with Crippen molar-refractivity contribution in [2.24, 2.45) is 0 Å². The molecule has 0 bridgehead atoms. The lowest BCUT2D eigenvalue weighted by molar-refractivity contribution is 0.437. The predicted octanol–water partition coefficient (Wildman–Crippen LogP) is 15.3. The van der Waals surface area contributed by atoms with E-state index in [4.69, 9.17) is 19.9 Å². The first-order valence-corrected chi connectivity index (χ1v) is 22.2. The molecule has 10 aromatic rings. The number of benzene rings is 8. The normalized spacial score (nSPS) is 15.5. The fourth-order valence-corrected chi connectivity index (χ4v) is 10.8. The topological polar surface area (TPSA) is 51.6 Å². The summed E-state index contributed by atoms with van der Waals surface area (Å²) < 4.78 is 0. The van der Waals surface area contributed by atoms with Crippen LogP contribution in [0.5, 0.6) is 0 Å². The minimum absolute atomic E-state index is 0.390. The third kappa shape index (κ3) is 5.87. The van der Waals surface area contributed by atoms with Crippen molar-refractivity contribution >= 4 is 65.2 Å². The summed E-state index contributed by atoms with van der Waals surface area (Å²) in [5.74, 6) is 0.779. The van der Waals surface area contributed by atoms with Crippen molar-refractivity contribution in [2.45, 2.75) is 76.0 Å². The Kier molecular flexibility index (Phi) is 8.64. The number of nitrogens with zero attached hydrogens (tertiary/aromatic N) is 4. The molecule has 0 radical (unpaired) electrons. The van der Waals surface area contributed by atoms with Crippen LogP contribution in [0.4, 0.5) is 0 Å². The van der Waals surface area contributed by atoms with Gasteiger partial charge in [0, 0.05) is 44.5 Å². The molecule has 0 aliphatic heterocycles. The van der Waals surface area contributed by atoms with Crippen LogP contribution >= 0.6 is 0 Å². The zero-order valence-corrected chi connectivity index (χ0v) is 33.9. The van der Waals surface area contributed by atoms with E-state index in [0.29, 0.717) is 11.8 Å². The summed E-state index contributed by atoms with van der Waals surface area (Å²) in [6, 6.07) is 52.9. The third-order valence-electron chi connectivity index (χ3n) is 13.7. The average molecular weight is 775 g/mol. The van der Waals surface area contributed by atoms with Crippen molar-refractivity contribution in [1.82, 2.24) is 19.9 Å². The maximum atomic E-state index is 5.66. The summed E-state index contributed by atoms with van der Waals surface area (Å²) in [5.41, 5.74) is 12.9. The first-order chi connectivity index (χ1) is 29.8. The Bertz CT molecular complexity index is 3080. The van der Waals surface area contributed by atoms with Gasteiger partial charge in [0.05, 0.1) is 44.8 Å². The van der Waals surface area contributed by atoms with E-state index >= 15 is 0 Å². The third-order valence-corrected chi connectivity index (χ3v) is 13.7. The van der Waals surface area contributed by atoms with Crippen LogP contribution in [0.1, 0.15) is 87.4 Å². The molecule has 60 heavy (non-hydrogen) atoms. The SMILES string of the molecule is c1cc(-c2cccc(-c3nc4c5ccccc5c5ccccc5c4nc3C3CCCCC3)c2)cc(-c2nc3c4ccccc4c4ccccc4c3nc2C2CCCCC2)c1. The second kappa shape index (κ2) is 14.6. The summed E-state index contributed by atoms with van der Waals surface area (Å²) in [5, 5.41) is 9.60. The van der Waals surface area contributed by atoms with E-state index in [1.54, 1.807) is 0 Å². The van der Waals surface area contributed by atoms with Crippen molar-refractivity contribution in [3.05, 3.63) is 157 Å². The molecule has 2 saturated carbocycles. The molecule has 2 aliphatic rings. The molecule has 2 aliphatic carbocycles. The second-order valence-corrected chi connectivity index (χ2v) is 17.3. The number of fused-ring (bicyclic) bond motifs is 12. The van der Waals surface area contributed by atoms with E-state index in [1.165, 1.54) is 82.0 Å². The van der Waals surface area contributed by atoms with Crippen molar-refractivity contribution in [1.29, 1.82) is 0 Å². The number of rotatable bonds is 5. The molecule has 2 heterocycles. The Morgan fingerprint density at radius 2 is 0.583 bits per heavy atom. The van der Waals surface area contributed by atoms with Gasteiger partial charge in [-0.2, -0.15) is 0 Å². The predicted molar refractivity (Wildman–Crippen MR) is 251 cm³/mol. The Morgan fingerprint density at radius 1 is 0.283 bits per heavy atom. The molecule has 4 heteroatoms. The molecule has 0 spiro atoms. The molecular weight excluding hydrogens is 729 g/mol. The zero-order valence-electron chi connectivity index (χ0n) is 33.9. The van der Waals surface area contributed by atoms with Gasteiger partial charge in [0.1, 0.15) is 0 Å². The van der Waals surface area contributed by atoms with Gasteiger partial charge in [-0.1, -0.05) is 172 Å². The highest BCUT2D eigenvalue weighted by Crippen LogP contribution is 2.43. The quantitative estimate of drug-likeness (QED) is 0.163. The van der Waals surface area contributed by atoms with Crippen LogP contribution in [0.15, 0.2) is 146 Å². The molecule has 8 aromatic carbocycles. The minimum atomic E-state index is 0.390. The van der Waals surface area contributed by atoms with Gasteiger partial charge < -0.3 is 0 Å². The summed E-state index contributed by atoms with van der Waals surface area (Å²) in [6.45, 7) is 0. The van der Waals surface area contributed by atoms with Crippen molar-refractivity contribution < 1.29 is 0 Å². The number of aromatic nitrogens is 4. The van der Waals surface area contributed by atoms with Gasteiger partial charge in [-0.3, -0.25) is 0 Å². The molecule has 2 aromatic heterocycles. The van der Waals surface area contributed by atoms with Gasteiger partial charge in [0.2, 0.25) is 0 Å². The fraction of sp³-hybridized carbons (Fsp3) is 0.214. The van der Waals surface area contributed by atoms with Gasteiger partial charge >= 0.3 is 0 Å². The molecule has 0 amide bonds. The second-order valence-electron chi connectivity index (χ2n) is 17.3. The highest BCUT2D eigenvalue weighted by molar-refractivity contribution is 6.24. The molecular formula is C56H46N4. The maximum Gasteiger partial charge on any atom is 0.0979 e. The monoisotopic (exact) mass is 774 g/mol. The van der Waals surface area contributed by atoms with Gasteiger partial charge in [-0.15, -0.1) is 0 Å². The van der Waals surface area contributed by atoms with Crippen LogP contribution in [0.3, 0.4) is 0 Å². The first-order valence-electron chi connectivity index (χ1n) is 22.2. The zero-order chi connectivity index (χ0) is 39.6. The first kappa shape index (κ1) is 35.4. The van der Waals surface area contributed by atoms with Gasteiger partial charge in [0.25, 0.3) is 0 Å². The Morgan fingerprint density at radius 3 is 0.933 bits per heavy atom. The minimum Gasteiger partial charge on any atom is -0.248 e. The lowest BCUT2D eigenvalue weighted by Gasteiger charge is -2.24. The molecule has 290 valence electrons. The summed E-state index contributed by atoms with van der Waals surface area (Å²) in [7, 11) is 0. The highest BCUT2D eigenvalue weighted by atomic mass is 14.9. The molecule has 4 nitrogen and oxygen atoms in total. The summed E-state index contributed by atoms with van der Waals surface area (Å²) in [6.07, 6.45) is 12.2. The van der Waals surface area contributed by atoms with E-state index in [-0.39, 0.29) is 0 Å². The van der Waals surface area contributed by atoms with Crippen LogP contribution in [-0.4, -0.2) is 19.9 Å². The molecule has 0 saturated heterocycles. The lowest BCUT2D eigenvalue weighted by Crippen LogP contribution is -2.10. The number of hydrogen-bond donors (Lipinski definition) is 0. The fourth-order valence-electron chi connectivity index (χ4n) is 10.8. The van der Waals surface area contributed by atoms with Gasteiger partial charge in [-0.25, -0.2) is 19.9 Å². The lowest BCUT2D eigenvalue weighted by atomic mass is 9.84. The van der Waals surface area contributed by atoms with Gasteiger partial charge in [0.15, 0.2) is 0 Å². The molecule has 0 unspecified atom stereocenters. The van der Waals surface area contributed by atoms with Crippen molar-refractivity contribution in [2.75, 3.05) is 0 Å². The molecule has 2 fully saturated rings. The summed E-state index contributed by atoms with van der Waals surface area (Å²) >= 11 is 0. The molecule has 0 N–H and O–H groups in total.